The average Bonchev–Trinajstić information content (AvgIpc) is 1.09. The molecule has 2 aliphatic rings. The van der Waals surface area contributed by atoms with Crippen LogP contribution >= 0.6 is 0 Å². The van der Waals surface area contributed by atoms with Gasteiger partial charge in [-0.05, 0) is 117 Å². The van der Waals surface area contributed by atoms with Gasteiger partial charge >= 0.3 is 11.9 Å². The number of phenolic OH excluding ortho intramolecular Hbond substituents is 1. The van der Waals surface area contributed by atoms with Crippen LogP contribution in [0.2, 0.25) is 0 Å². The quantitative estimate of drug-likeness (QED) is 0.100. The number of phenols is 1. The molecule has 3 N–H and O–H groups in total. The summed E-state index contributed by atoms with van der Waals surface area (Å²) in [5, 5.41) is 15.8. The van der Waals surface area contributed by atoms with Crippen molar-refractivity contribution in [1.82, 2.24) is 30.2 Å². The summed E-state index contributed by atoms with van der Waals surface area (Å²) >= 11 is 0. The fraction of sp³-hybridized carbons (Fsp3) is 0.397. The second-order valence-corrected chi connectivity index (χ2v) is 23.1. The van der Waals surface area contributed by atoms with Gasteiger partial charge in [0.2, 0.25) is 29.4 Å². The zero-order valence-electron chi connectivity index (χ0n) is 51.8. The van der Waals surface area contributed by atoms with Gasteiger partial charge in [-0.15, -0.1) is 0 Å². The zero-order chi connectivity index (χ0) is 65.1. The van der Waals surface area contributed by atoms with E-state index in [1.54, 1.807) is 91.0 Å². The number of aromatic hydroxyl groups is 1. The summed E-state index contributed by atoms with van der Waals surface area (Å²) in [5.74, 6) is -7.14. The molecule has 0 spiro atoms. The van der Waals surface area contributed by atoms with E-state index < -0.39 is 114 Å². The first-order chi connectivity index (χ1) is 43.0. The number of ether oxygens (including phenoxy) is 5. The van der Waals surface area contributed by atoms with Crippen LogP contribution in [0.5, 0.6) is 23.0 Å². The Morgan fingerprint density at radius 2 is 1.30 bits per heavy atom. The number of nitrogens with zero attached hydrogens (tertiary/aromatic N) is 4. The lowest BCUT2D eigenvalue weighted by atomic mass is 9.87. The van der Waals surface area contributed by atoms with E-state index in [0.717, 1.165) is 44.0 Å². The van der Waals surface area contributed by atoms with E-state index >= 15 is 4.39 Å². The average molecular weight is 1240 g/mol. The number of benzene rings is 5. The number of amides is 6. The fourth-order valence-corrected chi connectivity index (χ4v) is 10.6. The minimum Gasteiger partial charge on any atom is -0.508 e. The third kappa shape index (κ3) is 19.0. The second-order valence-electron chi connectivity index (χ2n) is 23.1. The number of ketones is 1. The van der Waals surface area contributed by atoms with Crippen LogP contribution in [0.3, 0.4) is 0 Å². The summed E-state index contributed by atoms with van der Waals surface area (Å²) in [5.41, 5.74) is 1.19. The van der Waals surface area contributed by atoms with Gasteiger partial charge in [-0.2, -0.15) is 0 Å². The Morgan fingerprint density at radius 3 is 1.96 bits per heavy atom. The number of fused-ring (bicyclic) bond motifs is 3. The van der Waals surface area contributed by atoms with Crippen molar-refractivity contribution in [3.8, 4) is 23.0 Å². The Balaban J connectivity index is 1.23. The highest BCUT2D eigenvalue weighted by Gasteiger charge is 2.43. The maximum absolute atomic E-state index is 16.0. The Bertz CT molecular complexity index is 3380. The number of nitrogens with one attached hydrogen (secondary N) is 2. The Labute approximate surface area is 523 Å². The van der Waals surface area contributed by atoms with Crippen LogP contribution in [0.25, 0.3) is 0 Å². The van der Waals surface area contributed by atoms with E-state index in [1.807, 2.05) is 0 Å². The second kappa shape index (κ2) is 32.0. The van der Waals surface area contributed by atoms with Gasteiger partial charge in [0.25, 0.3) is 11.8 Å². The molecule has 1 fully saturated rings. The molecule has 90 heavy (non-hydrogen) atoms. The lowest BCUT2D eigenvalue weighted by molar-refractivity contribution is -0.165. The van der Waals surface area contributed by atoms with Crippen LogP contribution in [-0.4, -0.2) is 170 Å². The van der Waals surface area contributed by atoms with Crippen LogP contribution in [0, 0.1) is 11.2 Å². The van der Waals surface area contributed by atoms with Gasteiger partial charge in [-0.25, -0.2) is 14.0 Å². The van der Waals surface area contributed by atoms with E-state index in [1.165, 1.54) is 78.4 Å². The molecule has 5 aromatic rings. The van der Waals surface area contributed by atoms with E-state index in [-0.39, 0.29) is 75.1 Å². The van der Waals surface area contributed by atoms with E-state index in [9.17, 15) is 48.3 Å². The predicted octanol–water partition coefficient (Wildman–Crippen LogP) is 6.07. The van der Waals surface area contributed by atoms with E-state index in [2.05, 4.69) is 10.6 Å². The molecule has 5 aromatic carbocycles. The number of halogens is 1. The predicted molar refractivity (Wildman–Crippen MR) is 329 cm³/mol. The minimum atomic E-state index is -1.56. The summed E-state index contributed by atoms with van der Waals surface area (Å²) in [6, 6.07) is 27.6. The van der Waals surface area contributed by atoms with Gasteiger partial charge in [0.1, 0.15) is 54.2 Å². The number of esters is 2. The summed E-state index contributed by atoms with van der Waals surface area (Å²) < 4.78 is 44.6. The molecular weight excluding hydrogens is 1160 g/mol. The van der Waals surface area contributed by atoms with Crippen molar-refractivity contribution in [3.63, 3.8) is 0 Å². The zero-order valence-corrected chi connectivity index (χ0v) is 51.8. The maximum Gasteiger partial charge on any atom is 0.330 e. The van der Waals surface area contributed by atoms with Crippen LogP contribution < -0.4 is 24.8 Å². The summed E-state index contributed by atoms with van der Waals surface area (Å²) in [6.07, 6.45) is 2.84. The number of rotatable bonds is 11. The molecule has 22 heteroatoms. The lowest BCUT2D eigenvalue weighted by Gasteiger charge is -2.36. The van der Waals surface area contributed by atoms with Crippen molar-refractivity contribution in [2.45, 2.75) is 102 Å². The number of carbonyl (C=O) groups is 9. The lowest BCUT2D eigenvalue weighted by Crippen LogP contribution is -2.57. The largest absolute Gasteiger partial charge is 0.508 e. The summed E-state index contributed by atoms with van der Waals surface area (Å²) in [4.78, 5) is 133. The van der Waals surface area contributed by atoms with Crippen LogP contribution in [0.4, 0.5) is 4.39 Å². The first kappa shape index (κ1) is 67.9. The van der Waals surface area contributed by atoms with Crippen molar-refractivity contribution < 1.29 is 76.3 Å². The molecule has 2 heterocycles. The molecule has 6 amide bonds. The van der Waals surface area contributed by atoms with Gasteiger partial charge in [-0.1, -0.05) is 84.9 Å². The van der Waals surface area contributed by atoms with Crippen molar-refractivity contribution in [2.75, 3.05) is 68.2 Å². The highest BCUT2D eigenvalue weighted by atomic mass is 19.1. The molecule has 0 aromatic heterocycles. The molecule has 21 nitrogen and oxygen atoms in total. The number of carbonyl (C=O) groups excluding carboxylic acids is 9. The molecule has 2 aliphatic heterocycles. The molecule has 478 valence electrons. The standard InChI is InChI=1S/C68H79FN6O15/c1-68(2)43-89-61(79)23-15-16-32-72(3)64(82)52(34-44-18-10-8-11-19-44)70-59(77)41-73(4)65(83)53(35-45-20-12-9-13-21-45)71-63(81)55(36-46-24-28-50(76)29-25-46)74(5)60(78)42-88-51-39-48(38-49(69)40-51)56(30-26-47-27-31-57(86-6)58(37-47)87-7)90-67(85)54-22-14-17-33-75(54)66(84)62(68)80/h8-13,15,18-21,23-25,27-29,31,37-40,52-56,76H,14,16-17,22,26,30,32-36,41-43H2,1-7H3,(H,70,77)(H,71,81)/t52-,53-,54+,55+,56-/m1/s1. The first-order valence-electron chi connectivity index (χ1n) is 29.8. The number of piperidine rings is 1. The molecule has 0 radical (unpaired) electrons. The number of hydrogen-bond acceptors (Lipinski definition) is 15. The van der Waals surface area contributed by atoms with Crippen LogP contribution in [-0.2, 0) is 78.3 Å². The summed E-state index contributed by atoms with van der Waals surface area (Å²) in [6.45, 7) is 1.19. The SMILES string of the molecule is COc1ccc(CC[C@H]2OC(=O)[C@@H]3CCCCN3C(=O)C(=O)C(C)(C)COC(=O)C=CCCN(C)C(=O)[C@@H](Cc3ccccc3)NC(=O)CN(C)C(=O)[C@@H](Cc3ccccc3)NC(=O)[C@H](Cc3ccc(O)cc3)N(C)C(=O)COc3cc(F)cc2c3)cc1OC. The highest BCUT2D eigenvalue weighted by Crippen LogP contribution is 2.34. The van der Waals surface area contributed by atoms with E-state index in [0.29, 0.717) is 35.5 Å². The molecule has 0 aliphatic carbocycles. The number of Topliss-reactive ketones (excluding diaryl/α,β-unsaturated/α-hetero) is 1. The highest BCUT2D eigenvalue weighted by molar-refractivity contribution is 6.38. The molecule has 5 atom stereocenters. The molecule has 7 rings (SSSR count). The van der Waals surface area contributed by atoms with Crippen molar-refractivity contribution in [2.24, 2.45) is 5.41 Å². The van der Waals surface area contributed by atoms with Crippen molar-refractivity contribution >= 4 is 53.2 Å². The smallest absolute Gasteiger partial charge is 0.330 e. The van der Waals surface area contributed by atoms with E-state index in [4.69, 9.17) is 23.7 Å². The molecule has 0 unspecified atom stereocenters. The fourth-order valence-electron chi connectivity index (χ4n) is 10.6. The van der Waals surface area contributed by atoms with Gasteiger partial charge in [0.05, 0.1) is 26.2 Å². The Hall–Kier alpha value is -9.60. The van der Waals surface area contributed by atoms with Crippen molar-refractivity contribution in [3.05, 3.63) is 167 Å². The van der Waals surface area contributed by atoms with Gasteiger partial charge in [-0.3, -0.25) is 33.6 Å². The third-order valence-electron chi connectivity index (χ3n) is 15.8. The minimum absolute atomic E-state index is 0.0250. The number of likely N-dealkylation sites (N-methyl/N-ethyl adjacent to an activating group) is 3. The molecule has 1 saturated heterocycles. The first-order valence-corrected chi connectivity index (χ1v) is 29.8. The molecule has 0 saturated carbocycles. The van der Waals surface area contributed by atoms with Gasteiger partial charge in [0.15, 0.2) is 18.1 Å². The van der Waals surface area contributed by atoms with Gasteiger partial charge < -0.3 is 59.0 Å². The summed E-state index contributed by atoms with van der Waals surface area (Å²) in [7, 11) is 7.24. The van der Waals surface area contributed by atoms with Crippen molar-refractivity contribution in [1.29, 1.82) is 0 Å². The number of methoxy groups -OCH3 is 2. The molecular formula is C68H79FN6O15. The third-order valence-corrected chi connectivity index (χ3v) is 15.8. The normalized spacial score (nSPS) is 21.0. The Morgan fingerprint density at radius 1 is 0.678 bits per heavy atom. The topological polar surface area (TPSA) is 257 Å². The number of hydrogen-bond donors (Lipinski definition) is 3. The monoisotopic (exact) mass is 1240 g/mol. The van der Waals surface area contributed by atoms with Crippen LogP contribution in [0.15, 0.2) is 133 Å². The van der Waals surface area contributed by atoms with Gasteiger partial charge in [0, 0.05) is 65.6 Å². The molecule has 2 bridgehead atoms. The Kier molecular flexibility index (Phi) is 24.2. The maximum atomic E-state index is 16.0. The number of aryl methyl sites for hydroxylation is 1. The number of cyclic esters (lactones) is 2. The van der Waals surface area contributed by atoms with Crippen LogP contribution in [0.1, 0.15) is 79.9 Å².